The summed E-state index contributed by atoms with van der Waals surface area (Å²) in [6.45, 7) is 3.63. The van der Waals surface area contributed by atoms with E-state index in [0.717, 1.165) is 5.92 Å². The highest BCUT2D eigenvalue weighted by Crippen LogP contribution is 2.57. The molecule has 0 saturated heterocycles. The lowest BCUT2D eigenvalue weighted by Crippen LogP contribution is -2.42. The molecule has 1 heteroatoms. The predicted octanol–water partition coefficient (Wildman–Crippen LogP) is 4.09. The quantitative estimate of drug-likeness (QED) is 0.799. The molecule has 2 aromatic rings. The maximum Gasteiger partial charge on any atom is 0.0139 e. The Morgan fingerprint density at radius 3 is 1.62 bits per heavy atom. The largest absolute Gasteiger partial charge is 0.309 e. The molecule has 0 N–H and O–H groups in total. The van der Waals surface area contributed by atoms with Gasteiger partial charge in [0, 0.05) is 18.4 Å². The minimum atomic E-state index is 0.569. The minimum Gasteiger partial charge on any atom is -0.309 e. The van der Waals surface area contributed by atoms with Gasteiger partial charge in [0.15, 0.2) is 0 Å². The molecule has 0 radical (unpaired) electrons. The molecule has 0 aromatic heterocycles. The molecule has 21 heavy (non-hydrogen) atoms. The summed E-state index contributed by atoms with van der Waals surface area (Å²) in [6, 6.07) is 18.2. The Hall–Kier alpha value is -1.60. The summed E-state index contributed by atoms with van der Waals surface area (Å²) in [5.74, 6) is 2.57. The van der Waals surface area contributed by atoms with Crippen LogP contribution >= 0.6 is 0 Å². The van der Waals surface area contributed by atoms with E-state index in [1.165, 1.54) is 6.54 Å². The number of hydrogen-bond donors (Lipinski definition) is 0. The minimum absolute atomic E-state index is 0.569. The van der Waals surface area contributed by atoms with Gasteiger partial charge in [0.05, 0.1) is 0 Å². The van der Waals surface area contributed by atoms with Crippen molar-refractivity contribution < 1.29 is 0 Å². The summed E-state index contributed by atoms with van der Waals surface area (Å²) in [6.07, 6.45) is 0. The van der Waals surface area contributed by atoms with Crippen molar-refractivity contribution in [3.8, 4) is 0 Å². The first-order valence-corrected chi connectivity index (χ1v) is 8.01. The zero-order valence-corrected chi connectivity index (χ0v) is 13.1. The molecule has 0 saturated carbocycles. The van der Waals surface area contributed by atoms with Crippen molar-refractivity contribution in [2.75, 3.05) is 20.6 Å². The molecule has 0 unspecified atom stereocenters. The highest BCUT2D eigenvalue weighted by molar-refractivity contribution is 5.56. The van der Waals surface area contributed by atoms with E-state index >= 15 is 0 Å². The van der Waals surface area contributed by atoms with E-state index in [-0.39, 0.29) is 0 Å². The molecule has 108 valence electrons. The van der Waals surface area contributed by atoms with Gasteiger partial charge < -0.3 is 4.90 Å². The van der Waals surface area contributed by atoms with Crippen molar-refractivity contribution in [2.45, 2.75) is 18.8 Å². The van der Waals surface area contributed by atoms with Gasteiger partial charge in [0.2, 0.25) is 0 Å². The van der Waals surface area contributed by atoms with Gasteiger partial charge in [-0.25, -0.2) is 0 Å². The Morgan fingerprint density at radius 1 is 0.762 bits per heavy atom. The molecule has 2 atom stereocenters. The lowest BCUT2D eigenvalue weighted by atomic mass is 9.54. The van der Waals surface area contributed by atoms with Crippen molar-refractivity contribution in [3.05, 3.63) is 70.8 Å². The zero-order valence-electron chi connectivity index (χ0n) is 13.1. The first-order chi connectivity index (χ1) is 10.2. The van der Waals surface area contributed by atoms with Crippen molar-refractivity contribution >= 4 is 0 Å². The van der Waals surface area contributed by atoms with Crippen molar-refractivity contribution in [1.29, 1.82) is 0 Å². The Morgan fingerprint density at radius 2 is 1.19 bits per heavy atom. The monoisotopic (exact) mass is 277 g/mol. The predicted molar refractivity (Wildman–Crippen MR) is 87.8 cm³/mol. The van der Waals surface area contributed by atoms with E-state index in [2.05, 4.69) is 74.4 Å². The van der Waals surface area contributed by atoms with Crippen LogP contribution in [0.15, 0.2) is 48.5 Å². The summed E-state index contributed by atoms with van der Waals surface area (Å²) in [5.41, 5.74) is 6.30. The average molecular weight is 277 g/mol. The van der Waals surface area contributed by atoms with Gasteiger partial charge in [-0.1, -0.05) is 55.5 Å². The van der Waals surface area contributed by atoms with Crippen LogP contribution in [0.3, 0.4) is 0 Å². The van der Waals surface area contributed by atoms with Gasteiger partial charge in [0.25, 0.3) is 0 Å². The number of hydrogen-bond acceptors (Lipinski definition) is 1. The second-order valence-corrected chi connectivity index (χ2v) is 7.00. The molecule has 0 heterocycles. The Bertz CT molecular complexity index is 626. The fourth-order valence-electron chi connectivity index (χ4n) is 4.76. The van der Waals surface area contributed by atoms with Crippen LogP contribution in [0.1, 0.15) is 41.0 Å². The highest BCUT2D eigenvalue weighted by Gasteiger charge is 2.47. The lowest BCUT2D eigenvalue weighted by Gasteiger charge is -2.50. The second-order valence-electron chi connectivity index (χ2n) is 7.00. The molecule has 0 fully saturated rings. The van der Waals surface area contributed by atoms with E-state index in [4.69, 9.17) is 0 Å². The van der Waals surface area contributed by atoms with E-state index < -0.39 is 0 Å². The van der Waals surface area contributed by atoms with Crippen molar-refractivity contribution in [2.24, 2.45) is 11.8 Å². The van der Waals surface area contributed by atoms with E-state index in [9.17, 15) is 0 Å². The second kappa shape index (κ2) is 4.71. The summed E-state index contributed by atoms with van der Waals surface area (Å²) in [4.78, 5) is 2.35. The molecule has 2 aromatic carbocycles. The third-order valence-corrected chi connectivity index (χ3v) is 5.54. The van der Waals surface area contributed by atoms with Crippen LogP contribution in [0.2, 0.25) is 0 Å². The smallest absolute Gasteiger partial charge is 0.0139 e. The fourth-order valence-corrected chi connectivity index (χ4v) is 4.76. The van der Waals surface area contributed by atoms with Gasteiger partial charge in [-0.15, -0.1) is 0 Å². The third kappa shape index (κ3) is 1.80. The molecule has 1 nitrogen and oxygen atoms in total. The van der Waals surface area contributed by atoms with Gasteiger partial charge in [-0.05, 0) is 48.2 Å². The normalized spacial score (nSPS) is 29.3. The highest BCUT2D eigenvalue weighted by atomic mass is 15.1. The first kappa shape index (κ1) is 13.1. The van der Waals surface area contributed by atoms with Gasteiger partial charge >= 0.3 is 0 Å². The van der Waals surface area contributed by atoms with Crippen LogP contribution in [-0.4, -0.2) is 25.5 Å². The maximum atomic E-state index is 2.46. The Balaban J connectivity index is 1.93. The van der Waals surface area contributed by atoms with Crippen LogP contribution in [-0.2, 0) is 0 Å². The van der Waals surface area contributed by atoms with E-state index in [0.29, 0.717) is 17.8 Å². The Labute approximate surface area is 127 Å². The van der Waals surface area contributed by atoms with Gasteiger partial charge in [-0.2, -0.15) is 0 Å². The standard InChI is InChI=1S/C20H23N/c1-13-18(12-21(2)3)20-16-10-6-4-8-14(16)19(13)15-9-5-7-11-17(15)20/h4-11,13,18-20H,12H2,1-3H3/t13-,18-,19?,20?/m1/s1. The summed E-state index contributed by atoms with van der Waals surface area (Å²) in [7, 11) is 4.40. The molecule has 3 aliphatic rings. The van der Waals surface area contributed by atoms with Crippen LogP contribution in [0, 0.1) is 11.8 Å². The molecule has 3 aliphatic carbocycles. The summed E-state index contributed by atoms with van der Waals surface area (Å²) >= 11 is 0. The van der Waals surface area contributed by atoms with Crippen molar-refractivity contribution in [3.63, 3.8) is 0 Å². The fraction of sp³-hybridized carbons (Fsp3) is 0.400. The third-order valence-electron chi connectivity index (χ3n) is 5.54. The van der Waals surface area contributed by atoms with Gasteiger partial charge in [-0.3, -0.25) is 0 Å². The van der Waals surface area contributed by atoms with E-state index in [1.54, 1.807) is 22.3 Å². The molecule has 0 aliphatic heterocycles. The molecule has 0 amide bonds. The zero-order chi connectivity index (χ0) is 14.6. The molecular formula is C20H23N. The maximum absolute atomic E-state index is 2.46. The number of nitrogens with zero attached hydrogens (tertiary/aromatic N) is 1. The number of rotatable bonds is 2. The summed E-state index contributed by atoms with van der Waals surface area (Å²) < 4.78 is 0. The SMILES string of the molecule is C[C@H]1C2c3ccccc3C(c3ccccc32)[C@@H]1CN(C)C. The van der Waals surface area contributed by atoms with Crippen LogP contribution < -0.4 is 0 Å². The molecule has 2 bridgehead atoms. The Kier molecular flexibility index (Phi) is 2.93. The average Bonchev–Trinajstić information content (AvgIpc) is 2.49. The molecule has 5 rings (SSSR count). The lowest BCUT2D eigenvalue weighted by molar-refractivity contribution is 0.192. The first-order valence-electron chi connectivity index (χ1n) is 8.01. The van der Waals surface area contributed by atoms with Crippen LogP contribution in [0.4, 0.5) is 0 Å². The number of benzene rings is 2. The molecule has 0 spiro atoms. The van der Waals surface area contributed by atoms with E-state index in [1.807, 2.05) is 0 Å². The topological polar surface area (TPSA) is 3.24 Å². The molecular weight excluding hydrogens is 254 g/mol. The van der Waals surface area contributed by atoms with Crippen LogP contribution in [0.5, 0.6) is 0 Å². The van der Waals surface area contributed by atoms with Crippen LogP contribution in [0.25, 0.3) is 0 Å². The van der Waals surface area contributed by atoms with Gasteiger partial charge in [0.1, 0.15) is 0 Å². The summed E-state index contributed by atoms with van der Waals surface area (Å²) in [5, 5.41) is 0. The number of fused-ring (bicyclic) bond motifs is 1. The van der Waals surface area contributed by atoms with Crippen molar-refractivity contribution in [1.82, 2.24) is 4.90 Å².